The summed E-state index contributed by atoms with van der Waals surface area (Å²) in [4.78, 5) is 6.23. The molecule has 2 rings (SSSR count). The number of anilines is 1. The first kappa shape index (κ1) is 10.9. The molecule has 0 aromatic carbocycles. The predicted octanol–water partition coefficient (Wildman–Crippen LogP) is 0.820. The van der Waals surface area contributed by atoms with Crippen molar-refractivity contribution in [1.82, 2.24) is 10.3 Å². The van der Waals surface area contributed by atoms with Crippen LogP contribution in [-0.4, -0.2) is 30.7 Å². The van der Waals surface area contributed by atoms with Gasteiger partial charge in [-0.3, -0.25) is 4.98 Å². The fourth-order valence-corrected chi connectivity index (χ4v) is 2.04. The highest BCUT2D eigenvalue weighted by atomic mass is 15.2. The summed E-state index contributed by atoms with van der Waals surface area (Å²) in [5.41, 5.74) is 0.983. The Labute approximate surface area is 95.9 Å². The number of hydrogen-bond donors (Lipinski definition) is 1. The molecule has 2 unspecified atom stereocenters. The first-order valence-corrected chi connectivity index (χ1v) is 5.52. The van der Waals surface area contributed by atoms with Crippen LogP contribution >= 0.6 is 0 Å². The molecule has 0 bridgehead atoms. The van der Waals surface area contributed by atoms with Crippen LogP contribution in [0.2, 0.25) is 0 Å². The zero-order valence-electron chi connectivity index (χ0n) is 9.35. The van der Waals surface area contributed by atoms with Gasteiger partial charge in [0.2, 0.25) is 0 Å². The third-order valence-corrected chi connectivity index (χ3v) is 2.97. The van der Waals surface area contributed by atoms with E-state index < -0.39 is 0 Å². The van der Waals surface area contributed by atoms with E-state index in [1.807, 2.05) is 19.1 Å². The van der Waals surface area contributed by atoms with Gasteiger partial charge in [-0.1, -0.05) is 0 Å². The van der Waals surface area contributed by atoms with Crippen LogP contribution in [0.25, 0.3) is 0 Å². The maximum Gasteiger partial charge on any atom is 0.114 e. The second-order valence-electron chi connectivity index (χ2n) is 4.02. The molecule has 0 aliphatic carbocycles. The van der Waals surface area contributed by atoms with Crippen LogP contribution in [0.5, 0.6) is 0 Å². The molecule has 0 saturated carbocycles. The number of hydrogen-bond acceptors (Lipinski definition) is 4. The smallest absolute Gasteiger partial charge is 0.114 e. The molecule has 0 amide bonds. The van der Waals surface area contributed by atoms with Crippen LogP contribution in [0.3, 0.4) is 0 Å². The minimum atomic E-state index is 0.00130. The molecule has 1 aromatic heterocycles. The van der Waals surface area contributed by atoms with Gasteiger partial charge in [-0.05, 0) is 19.1 Å². The van der Waals surface area contributed by atoms with Gasteiger partial charge in [0.15, 0.2) is 0 Å². The van der Waals surface area contributed by atoms with Crippen LogP contribution in [0.4, 0.5) is 5.69 Å². The molecule has 16 heavy (non-hydrogen) atoms. The lowest BCUT2D eigenvalue weighted by Gasteiger charge is -2.38. The van der Waals surface area contributed by atoms with Gasteiger partial charge in [0, 0.05) is 25.8 Å². The maximum atomic E-state index is 9.02. The molecule has 1 aliphatic heterocycles. The summed E-state index contributed by atoms with van der Waals surface area (Å²) >= 11 is 0. The average molecular weight is 215 g/mol. The number of nitrogens with one attached hydrogen (secondary N) is 1. The van der Waals surface area contributed by atoms with Crippen molar-refractivity contribution in [2.75, 3.05) is 24.5 Å². The fraction of sp³-hybridized carbons (Fsp3) is 0.500. The number of piperazine rings is 1. The topological polar surface area (TPSA) is 52.0 Å². The molecule has 1 aliphatic rings. The van der Waals surface area contributed by atoms with Crippen molar-refractivity contribution < 1.29 is 0 Å². The van der Waals surface area contributed by atoms with E-state index in [1.54, 1.807) is 6.20 Å². The van der Waals surface area contributed by atoms with Crippen molar-refractivity contribution in [3.05, 3.63) is 24.5 Å². The first-order valence-electron chi connectivity index (χ1n) is 5.52. The van der Waals surface area contributed by atoms with Gasteiger partial charge < -0.3 is 10.2 Å². The van der Waals surface area contributed by atoms with E-state index in [2.05, 4.69) is 27.5 Å². The second-order valence-corrected chi connectivity index (χ2v) is 4.02. The summed E-state index contributed by atoms with van der Waals surface area (Å²) in [5.74, 6) is 0.00130. The van der Waals surface area contributed by atoms with E-state index >= 15 is 0 Å². The Hall–Kier alpha value is -1.60. The lowest BCUT2D eigenvalue weighted by Crippen LogP contribution is -2.54. The first-order chi connectivity index (χ1) is 7.83. The second kappa shape index (κ2) is 4.95. The average Bonchev–Trinajstić information content (AvgIpc) is 2.39. The van der Waals surface area contributed by atoms with Gasteiger partial charge in [0.05, 0.1) is 23.7 Å². The Kier molecular flexibility index (Phi) is 3.37. The molecule has 4 nitrogen and oxygen atoms in total. The minimum Gasteiger partial charge on any atom is -0.363 e. The van der Waals surface area contributed by atoms with E-state index in [1.165, 1.54) is 0 Å². The minimum absolute atomic E-state index is 0.00130. The Bertz CT molecular complexity index is 370. The fourth-order valence-electron chi connectivity index (χ4n) is 2.04. The summed E-state index contributed by atoms with van der Waals surface area (Å²) in [6.45, 7) is 4.65. The van der Waals surface area contributed by atoms with E-state index in [4.69, 9.17) is 5.26 Å². The number of pyridine rings is 1. The molecular weight excluding hydrogens is 200 g/mol. The molecule has 2 heterocycles. The largest absolute Gasteiger partial charge is 0.363 e. The maximum absolute atomic E-state index is 9.02. The highest BCUT2D eigenvalue weighted by Gasteiger charge is 2.27. The van der Waals surface area contributed by atoms with Gasteiger partial charge in [-0.2, -0.15) is 5.26 Å². The molecule has 1 saturated heterocycles. The summed E-state index contributed by atoms with van der Waals surface area (Å²) in [6.07, 6.45) is 4.70. The molecule has 4 heteroatoms. The Balaban J connectivity index is 2.21. The van der Waals surface area contributed by atoms with Gasteiger partial charge in [0.25, 0.3) is 0 Å². The number of aromatic nitrogens is 1. The normalized spacial score (nSPS) is 22.5. The van der Waals surface area contributed by atoms with Crippen molar-refractivity contribution in [1.29, 1.82) is 5.26 Å². The van der Waals surface area contributed by atoms with E-state index in [0.717, 1.165) is 25.3 Å². The van der Waals surface area contributed by atoms with Crippen LogP contribution in [-0.2, 0) is 0 Å². The zero-order valence-corrected chi connectivity index (χ0v) is 9.35. The molecule has 1 N–H and O–H groups in total. The highest BCUT2D eigenvalue weighted by molar-refractivity contribution is 5.45. The summed E-state index contributed by atoms with van der Waals surface area (Å²) in [5, 5.41) is 12.3. The van der Waals surface area contributed by atoms with Crippen molar-refractivity contribution in [2.45, 2.75) is 13.0 Å². The lowest BCUT2D eigenvalue weighted by atomic mass is 9.99. The monoisotopic (exact) mass is 215 g/mol. The predicted molar refractivity (Wildman–Crippen MR) is 61.9 cm³/mol. The summed E-state index contributed by atoms with van der Waals surface area (Å²) < 4.78 is 0. The molecule has 1 aromatic rings. The molecule has 1 fully saturated rings. The van der Waals surface area contributed by atoms with Crippen LogP contribution in [0, 0.1) is 23.4 Å². The number of rotatable bonds is 2. The molecule has 83 valence electrons. The van der Waals surface area contributed by atoms with Crippen molar-refractivity contribution in [3.63, 3.8) is 0 Å². The van der Waals surface area contributed by atoms with E-state index in [-0.39, 0.29) is 12.0 Å². The van der Waals surface area contributed by atoms with Crippen LogP contribution < -0.4 is 10.2 Å². The molecule has 2 atom stereocenters. The van der Waals surface area contributed by atoms with Crippen molar-refractivity contribution in [2.24, 2.45) is 5.92 Å². The Morgan fingerprint density at radius 2 is 2.62 bits per heavy atom. The number of nitrogens with zero attached hydrogens (tertiary/aromatic N) is 3. The van der Waals surface area contributed by atoms with E-state index in [0.29, 0.717) is 0 Å². The third kappa shape index (κ3) is 2.15. The van der Waals surface area contributed by atoms with Crippen LogP contribution in [0.15, 0.2) is 18.3 Å². The van der Waals surface area contributed by atoms with E-state index in [9.17, 15) is 0 Å². The Morgan fingerprint density at radius 1 is 1.75 bits per heavy atom. The lowest BCUT2D eigenvalue weighted by molar-refractivity contribution is 0.419. The standard InChI is InChI=1S/C12H15N4/c1-10(7-13)12-9-15-5-6-16(12)11-3-2-4-14-8-11/h2-4,10,12,15H,5-6,9H2,1H3. The Morgan fingerprint density at radius 3 is 3.31 bits per heavy atom. The zero-order chi connectivity index (χ0) is 11.4. The van der Waals surface area contributed by atoms with Gasteiger partial charge in [-0.15, -0.1) is 0 Å². The van der Waals surface area contributed by atoms with Crippen molar-refractivity contribution in [3.8, 4) is 6.07 Å². The number of nitriles is 1. The molecular formula is C12H15N4. The van der Waals surface area contributed by atoms with Crippen LogP contribution in [0.1, 0.15) is 6.92 Å². The highest BCUT2D eigenvalue weighted by Crippen LogP contribution is 2.20. The SMILES string of the molecule is CC(C#N)C1CNCCN1c1[c]nccc1. The summed E-state index contributed by atoms with van der Waals surface area (Å²) in [6, 6.07) is 6.43. The third-order valence-electron chi connectivity index (χ3n) is 2.97. The van der Waals surface area contributed by atoms with Gasteiger partial charge >= 0.3 is 0 Å². The summed E-state index contributed by atoms with van der Waals surface area (Å²) in [7, 11) is 0. The molecule has 1 radical (unpaired) electrons. The van der Waals surface area contributed by atoms with Gasteiger partial charge in [0.1, 0.15) is 6.20 Å². The van der Waals surface area contributed by atoms with Gasteiger partial charge in [-0.25, -0.2) is 0 Å². The molecule has 0 spiro atoms. The van der Waals surface area contributed by atoms with Crippen molar-refractivity contribution >= 4 is 5.69 Å². The quantitative estimate of drug-likeness (QED) is 0.793.